The van der Waals surface area contributed by atoms with Crippen LogP contribution in [0.25, 0.3) is 0 Å². The first kappa shape index (κ1) is 13.9. The van der Waals surface area contributed by atoms with E-state index < -0.39 is 12.0 Å². The molecule has 0 saturated carbocycles. The topological polar surface area (TPSA) is 109 Å². The molecule has 1 aromatic heterocycles. The Kier molecular flexibility index (Phi) is 4.64. The van der Waals surface area contributed by atoms with Gasteiger partial charge in [-0.15, -0.1) is 0 Å². The van der Waals surface area contributed by atoms with E-state index in [1.807, 2.05) is 0 Å². The molecule has 100 valence electrons. The zero-order chi connectivity index (χ0) is 13.7. The van der Waals surface area contributed by atoms with Gasteiger partial charge in [0.25, 0.3) is 0 Å². The van der Waals surface area contributed by atoms with Crippen molar-refractivity contribution in [2.45, 2.75) is 33.4 Å². The number of carboxylic acid groups (broad SMARTS) is 1. The lowest BCUT2D eigenvalue weighted by Crippen LogP contribution is -2.46. The van der Waals surface area contributed by atoms with Gasteiger partial charge in [-0.2, -0.15) is 4.98 Å². The minimum Gasteiger partial charge on any atom is -0.480 e. The average molecular weight is 256 g/mol. The van der Waals surface area contributed by atoms with Gasteiger partial charge in [-0.05, 0) is 13.8 Å². The third kappa shape index (κ3) is 4.04. The highest BCUT2D eigenvalue weighted by Gasteiger charge is 2.19. The van der Waals surface area contributed by atoms with E-state index in [1.54, 1.807) is 20.8 Å². The van der Waals surface area contributed by atoms with Gasteiger partial charge in [0, 0.05) is 13.0 Å². The van der Waals surface area contributed by atoms with Gasteiger partial charge in [-0.25, -0.2) is 4.79 Å². The Hall–Kier alpha value is -2.12. The van der Waals surface area contributed by atoms with Crippen molar-refractivity contribution in [1.82, 2.24) is 20.4 Å². The zero-order valence-electron chi connectivity index (χ0n) is 10.5. The molecule has 0 aromatic carbocycles. The van der Waals surface area contributed by atoms with Crippen LogP contribution in [0, 0.1) is 6.92 Å². The molecule has 2 amide bonds. The number of hydrogen-bond donors (Lipinski definition) is 2. The normalized spacial score (nSPS) is 10.4. The number of nitrogens with one attached hydrogen (secondary N) is 1. The minimum atomic E-state index is -1.06. The highest BCUT2D eigenvalue weighted by molar-refractivity contribution is 5.80. The molecule has 0 fully saturated rings. The Morgan fingerprint density at radius 1 is 1.50 bits per heavy atom. The number of carboxylic acids is 1. The predicted molar refractivity (Wildman–Crippen MR) is 60.7 cm³/mol. The highest BCUT2D eigenvalue weighted by atomic mass is 16.5. The second kappa shape index (κ2) is 5.99. The maximum absolute atomic E-state index is 11.8. The lowest BCUT2D eigenvalue weighted by Gasteiger charge is -2.24. The molecule has 0 spiro atoms. The standard InChI is InChI=1S/C10H16N4O4/c1-6(2)14(5-9(15)16)10(17)11-4-8-12-7(3)18-13-8/h6H,4-5H2,1-3H3,(H,11,17)(H,15,16). The number of hydrogen-bond acceptors (Lipinski definition) is 5. The van der Waals surface area contributed by atoms with Crippen LogP contribution in [-0.4, -0.2) is 44.7 Å². The summed E-state index contributed by atoms with van der Waals surface area (Å²) in [5.41, 5.74) is 0. The first-order valence-corrected chi connectivity index (χ1v) is 5.45. The van der Waals surface area contributed by atoms with E-state index >= 15 is 0 Å². The van der Waals surface area contributed by atoms with Crippen LogP contribution in [0.4, 0.5) is 4.79 Å². The third-order valence-corrected chi connectivity index (χ3v) is 2.16. The van der Waals surface area contributed by atoms with Gasteiger partial charge in [0.2, 0.25) is 5.89 Å². The van der Waals surface area contributed by atoms with Crippen LogP contribution in [0.3, 0.4) is 0 Å². The molecule has 18 heavy (non-hydrogen) atoms. The number of carbonyl (C=O) groups is 2. The second-order valence-corrected chi connectivity index (χ2v) is 4.00. The van der Waals surface area contributed by atoms with E-state index in [-0.39, 0.29) is 19.1 Å². The van der Waals surface area contributed by atoms with Gasteiger partial charge in [-0.3, -0.25) is 4.79 Å². The summed E-state index contributed by atoms with van der Waals surface area (Å²) in [6.45, 7) is 4.86. The predicted octanol–water partition coefficient (Wildman–Crippen LogP) is 0.383. The van der Waals surface area contributed by atoms with Crippen molar-refractivity contribution in [2.24, 2.45) is 0 Å². The lowest BCUT2D eigenvalue weighted by molar-refractivity contribution is -0.138. The van der Waals surface area contributed by atoms with Gasteiger partial charge in [-0.1, -0.05) is 5.16 Å². The monoisotopic (exact) mass is 256 g/mol. The fourth-order valence-corrected chi connectivity index (χ4v) is 1.30. The van der Waals surface area contributed by atoms with E-state index in [0.29, 0.717) is 11.7 Å². The van der Waals surface area contributed by atoms with Crippen molar-refractivity contribution in [2.75, 3.05) is 6.54 Å². The summed E-state index contributed by atoms with van der Waals surface area (Å²) >= 11 is 0. The molecule has 1 rings (SSSR count). The summed E-state index contributed by atoms with van der Waals surface area (Å²) in [5, 5.41) is 14.9. The number of urea groups is 1. The van der Waals surface area contributed by atoms with Crippen molar-refractivity contribution in [1.29, 1.82) is 0 Å². The molecular formula is C10H16N4O4. The fourth-order valence-electron chi connectivity index (χ4n) is 1.30. The number of rotatable bonds is 5. The summed E-state index contributed by atoms with van der Waals surface area (Å²) in [5.74, 6) is -0.306. The summed E-state index contributed by atoms with van der Waals surface area (Å²) in [6.07, 6.45) is 0. The molecule has 0 saturated heterocycles. The van der Waals surface area contributed by atoms with Crippen LogP contribution in [0.5, 0.6) is 0 Å². The van der Waals surface area contributed by atoms with Crippen molar-refractivity contribution in [3.63, 3.8) is 0 Å². The number of aryl methyl sites for hydroxylation is 1. The molecule has 0 bridgehead atoms. The van der Waals surface area contributed by atoms with Crippen LogP contribution < -0.4 is 5.32 Å². The van der Waals surface area contributed by atoms with Crippen molar-refractivity contribution in [3.05, 3.63) is 11.7 Å². The highest BCUT2D eigenvalue weighted by Crippen LogP contribution is 2.00. The fraction of sp³-hybridized carbons (Fsp3) is 0.600. The number of carbonyl (C=O) groups excluding carboxylic acids is 1. The summed E-state index contributed by atoms with van der Waals surface area (Å²) in [6, 6.07) is -0.692. The lowest BCUT2D eigenvalue weighted by atomic mass is 10.3. The first-order chi connectivity index (χ1) is 8.40. The van der Waals surface area contributed by atoms with Crippen LogP contribution in [-0.2, 0) is 11.3 Å². The Balaban J connectivity index is 2.53. The Morgan fingerprint density at radius 3 is 2.61 bits per heavy atom. The Morgan fingerprint density at radius 2 is 2.17 bits per heavy atom. The van der Waals surface area contributed by atoms with E-state index in [0.717, 1.165) is 0 Å². The summed E-state index contributed by atoms with van der Waals surface area (Å²) in [4.78, 5) is 27.5. The second-order valence-electron chi connectivity index (χ2n) is 4.00. The largest absolute Gasteiger partial charge is 0.480 e. The molecule has 0 unspecified atom stereocenters. The van der Waals surface area contributed by atoms with Crippen molar-refractivity contribution >= 4 is 12.0 Å². The molecular weight excluding hydrogens is 240 g/mol. The Labute approximate surface area is 104 Å². The van der Waals surface area contributed by atoms with E-state index in [2.05, 4.69) is 15.5 Å². The van der Waals surface area contributed by atoms with Crippen molar-refractivity contribution < 1.29 is 19.2 Å². The Bertz CT molecular complexity index is 429. The molecule has 0 radical (unpaired) electrons. The number of aromatic nitrogens is 2. The quantitative estimate of drug-likeness (QED) is 0.788. The number of amides is 2. The SMILES string of the molecule is Cc1nc(CNC(=O)N(CC(=O)O)C(C)C)no1. The van der Waals surface area contributed by atoms with E-state index in [1.165, 1.54) is 4.90 Å². The van der Waals surface area contributed by atoms with Gasteiger partial charge < -0.3 is 19.8 Å². The van der Waals surface area contributed by atoms with Gasteiger partial charge in [0.15, 0.2) is 5.82 Å². The third-order valence-electron chi connectivity index (χ3n) is 2.16. The van der Waals surface area contributed by atoms with Crippen LogP contribution in [0.15, 0.2) is 4.52 Å². The number of nitrogens with zero attached hydrogens (tertiary/aromatic N) is 3. The zero-order valence-corrected chi connectivity index (χ0v) is 10.5. The van der Waals surface area contributed by atoms with Crippen LogP contribution >= 0.6 is 0 Å². The van der Waals surface area contributed by atoms with Crippen LogP contribution in [0.1, 0.15) is 25.6 Å². The van der Waals surface area contributed by atoms with Crippen LogP contribution in [0.2, 0.25) is 0 Å². The molecule has 8 nitrogen and oxygen atoms in total. The molecule has 0 aliphatic carbocycles. The van der Waals surface area contributed by atoms with Gasteiger partial charge >= 0.3 is 12.0 Å². The smallest absolute Gasteiger partial charge is 0.323 e. The molecule has 1 aromatic rings. The minimum absolute atomic E-state index is 0.0962. The van der Waals surface area contributed by atoms with E-state index in [4.69, 9.17) is 9.63 Å². The first-order valence-electron chi connectivity index (χ1n) is 5.45. The molecule has 0 atom stereocenters. The van der Waals surface area contributed by atoms with Gasteiger partial charge in [0.1, 0.15) is 6.54 Å². The molecule has 8 heteroatoms. The number of aliphatic carboxylic acids is 1. The maximum Gasteiger partial charge on any atom is 0.323 e. The van der Waals surface area contributed by atoms with Crippen molar-refractivity contribution in [3.8, 4) is 0 Å². The maximum atomic E-state index is 11.8. The van der Waals surface area contributed by atoms with Gasteiger partial charge in [0.05, 0.1) is 6.54 Å². The molecule has 0 aliphatic heterocycles. The average Bonchev–Trinajstić information content (AvgIpc) is 2.68. The van der Waals surface area contributed by atoms with E-state index in [9.17, 15) is 9.59 Å². The summed E-state index contributed by atoms with van der Waals surface area (Å²) in [7, 11) is 0. The molecule has 0 aliphatic rings. The molecule has 1 heterocycles. The summed E-state index contributed by atoms with van der Waals surface area (Å²) < 4.78 is 4.75. The molecule has 2 N–H and O–H groups in total.